The number of aryl methyl sites for hydroxylation is 1. The Hall–Kier alpha value is -2.66. The fourth-order valence-electron chi connectivity index (χ4n) is 5.14. The summed E-state index contributed by atoms with van der Waals surface area (Å²) in [5.74, 6) is 0. The van der Waals surface area contributed by atoms with E-state index in [1.807, 2.05) is 53.1 Å². The average molecular weight is 433 g/mol. The lowest BCUT2D eigenvalue weighted by Crippen LogP contribution is -2.44. The average Bonchev–Trinajstić information content (AvgIpc) is 2.77. The van der Waals surface area contributed by atoms with Gasteiger partial charge in [0.05, 0.1) is 11.0 Å². The molecule has 2 aromatic carbocycles. The van der Waals surface area contributed by atoms with Gasteiger partial charge in [-0.05, 0) is 75.9 Å². The van der Waals surface area contributed by atoms with E-state index in [9.17, 15) is 4.79 Å². The molecule has 1 aliphatic rings. The van der Waals surface area contributed by atoms with Gasteiger partial charge in [-0.1, -0.05) is 37.1 Å². The van der Waals surface area contributed by atoms with Crippen molar-refractivity contribution in [2.24, 2.45) is 0 Å². The van der Waals surface area contributed by atoms with E-state index in [0.717, 1.165) is 42.5 Å². The third-order valence-electron chi connectivity index (χ3n) is 6.92. The SMILES string of the molecule is C[C@@H]1CCC[C@H](C)N1CCCCCn1c(=O)c(Cc2cccc(N)c2)nc2ccccc21. The topological polar surface area (TPSA) is 64.2 Å². The predicted octanol–water partition coefficient (Wildman–Crippen LogP) is 5.00. The molecule has 3 aromatic rings. The van der Waals surface area contributed by atoms with Crippen molar-refractivity contribution in [3.05, 3.63) is 70.1 Å². The van der Waals surface area contributed by atoms with E-state index in [1.54, 1.807) is 0 Å². The molecule has 32 heavy (non-hydrogen) atoms. The number of nitrogen functional groups attached to an aromatic ring is 1. The third kappa shape index (κ3) is 5.21. The molecule has 0 unspecified atom stereocenters. The van der Waals surface area contributed by atoms with Crippen molar-refractivity contribution in [3.63, 3.8) is 0 Å². The highest BCUT2D eigenvalue weighted by molar-refractivity contribution is 5.74. The number of hydrogen-bond donors (Lipinski definition) is 1. The molecule has 0 saturated carbocycles. The minimum absolute atomic E-state index is 0.0180. The molecular weight excluding hydrogens is 396 g/mol. The molecule has 4 rings (SSSR count). The van der Waals surface area contributed by atoms with E-state index in [1.165, 1.54) is 25.7 Å². The van der Waals surface area contributed by atoms with Crippen LogP contribution in [0.3, 0.4) is 0 Å². The molecule has 1 fully saturated rings. The fourth-order valence-corrected chi connectivity index (χ4v) is 5.14. The minimum atomic E-state index is 0.0180. The van der Waals surface area contributed by atoms with Crippen molar-refractivity contribution >= 4 is 16.7 Å². The van der Waals surface area contributed by atoms with Gasteiger partial charge >= 0.3 is 0 Å². The normalized spacial score (nSPS) is 19.4. The van der Waals surface area contributed by atoms with Crippen molar-refractivity contribution in [2.45, 2.75) is 77.4 Å². The number of rotatable bonds is 8. The van der Waals surface area contributed by atoms with Crippen LogP contribution < -0.4 is 11.3 Å². The van der Waals surface area contributed by atoms with Gasteiger partial charge < -0.3 is 10.3 Å². The first kappa shape index (κ1) is 22.5. The molecule has 0 spiro atoms. The van der Waals surface area contributed by atoms with Crippen LogP contribution >= 0.6 is 0 Å². The van der Waals surface area contributed by atoms with Crippen molar-refractivity contribution < 1.29 is 0 Å². The highest BCUT2D eigenvalue weighted by Gasteiger charge is 2.23. The van der Waals surface area contributed by atoms with Crippen molar-refractivity contribution in [1.82, 2.24) is 14.5 Å². The molecule has 5 heteroatoms. The summed E-state index contributed by atoms with van der Waals surface area (Å²) in [5.41, 5.74) is 10.1. The number of likely N-dealkylation sites (tertiary alicyclic amines) is 1. The molecule has 0 bridgehead atoms. The molecule has 0 aliphatic carbocycles. The maximum Gasteiger partial charge on any atom is 0.273 e. The van der Waals surface area contributed by atoms with Crippen LogP contribution in [0.4, 0.5) is 5.69 Å². The van der Waals surface area contributed by atoms with Crippen LogP contribution in [0.5, 0.6) is 0 Å². The van der Waals surface area contributed by atoms with E-state index in [-0.39, 0.29) is 5.56 Å². The zero-order valence-electron chi connectivity index (χ0n) is 19.5. The minimum Gasteiger partial charge on any atom is -0.399 e. The molecular formula is C27H36N4O. The standard InChI is InChI=1S/C27H36N4O/c1-20-10-8-11-21(2)30(20)16-6-3-7-17-31-26-15-5-4-14-24(26)29-25(27(31)32)19-22-12-9-13-23(28)18-22/h4-5,9,12-15,18,20-21H,3,6-8,10-11,16-17,19,28H2,1-2H3/t20-,21+. The first-order chi connectivity index (χ1) is 15.5. The summed E-state index contributed by atoms with van der Waals surface area (Å²) in [6, 6.07) is 17.1. The number of para-hydroxylation sites is 2. The number of anilines is 1. The molecule has 1 aromatic heterocycles. The molecule has 2 atom stereocenters. The highest BCUT2D eigenvalue weighted by Crippen LogP contribution is 2.23. The number of benzene rings is 2. The molecule has 0 radical (unpaired) electrons. The van der Waals surface area contributed by atoms with E-state index in [2.05, 4.69) is 18.7 Å². The Morgan fingerprint density at radius 1 is 0.969 bits per heavy atom. The van der Waals surface area contributed by atoms with E-state index < -0.39 is 0 Å². The summed E-state index contributed by atoms with van der Waals surface area (Å²) in [6.07, 6.45) is 7.81. The summed E-state index contributed by atoms with van der Waals surface area (Å²) in [7, 11) is 0. The largest absolute Gasteiger partial charge is 0.399 e. The number of piperidine rings is 1. The Morgan fingerprint density at radius 2 is 1.72 bits per heavy atom. The summed E-state index contributed by atoms with van der Waals surface area (Å²) < 4.78 is 1.93. The molecule has 0 amide bonds. The van der Waals surface area contributed by atoms with Crippen molar-refractivity contribution in [1.29, 1.82) is 0 Å². The van der Waals surface area contributed by atoms with Gasteiger partial charge in [0.1, 0.15) is 5.69 Å². The number of hydrogen-bond acceptors (Lipinski definition) is 4. The maximum atomic E-state index is 13.3. The van der Waals surface area contributed by atoms with Crippen LogP contribution in [-0.4, -0.2) is 33.1 Å². The predicted molar refractivity (Wildman–Crippen MR) is 133 cm³/mol. The summed E-state index contributed by atoms with van der Waals surface area (Å²) in [4.78, 5) is 20.7. The van der Waals surface area contributed by atoms with E-state index >= 15 is 0 Å². The quantitative estimate of drug-likeness (QED) is 0.402. The fraction of sp³-hybridized carbons (Fsp3) is 0.481. The first-order valence-electron chi connectivity index (χ1n) is 12.1. The van der Waals surface area contributed by atoms with Gasteiger partial charge in [0.25, 0.3) is 5.56 Å². The number of unbranched alkanes of at least 4 members (excludes halogenated alkanes) is 2. The second kappa shape index (κ2) is 10.3. The number of aromatic nitrogens is 2. The maximum absolute atomic E-state index is 13.3. The summed E-state index contributed by atoms with van der Waals surface area (Å²) in [6.45, 7) is 6.62. The summed E-state index contributed by atoms with van der Waals surface area (Å²) in [5, 5.41) is 0. The molecule has 2 heterocycles. The Balaban J connectivity index is 1.45. The molecule has 2 N–H and O–H groups in total. The zero-order chi connectivity index (χ0) is 22.5. The second-order valence-electron chi connectivity index (χ2n) is 9.35. The molecule has 1 saturated heterocycles. The number of nitrogens with two attached hydrogens (primary N) is 1. The smallest absolute Gasteiger partial charge is 0.273 e. The third-order valence-corrected chi connectivity index (χ3v) is 6.92. The van der Waals surface area contributed by atoms with Crippen LogP contribution in [0, 0.1) is 0 Å². The van der Waals surface area contributed by atoms with Crippen LogP contribution in [-0.2, 0) is 13.0 Å². The zero-order valence-corrected chi connectivity index (χ0v) is 19.5. The van der Waals surface area contributed by atoms with Crippen LogP contribution in [0.2, 0.25) is 0 Å². The van der Waals surface area contributed by atoms with Gasteiger partial charge in [-0.25, -0.2) is 4.98 Å². The number of fused-ring (bicyclic) bond motifs is 1. The van der Waals surface area contributed by atoms with Gasteiger partial charge in [-0.15, -0.1) is 0 Å². The van der Waals surface area contributed by atoms with Gasteiger partial charge in [0.15, 0.2) is 0 Å². The lowest BCUT2D eigenvalue weighted by molar-refractivity contribution is 0.101. The van der Waals surface area contributed by atoms with Crippen LogP contribution in [0.1, 0.15) is 63.6 Å². The Kier molecular flexibility index (Phi) is 7.26. The van der Waals surface area contributed by atoms with Crippen molar-refractivity contribution in [3.8, 4) is 0 Å². The Bertz CT molecular complexity index is 1100. The van der Waals surface area contributed by atoms with Gasteiger partial charge in [-0.2, -0.15) is 0 Å². The van der Waals surface area contributed by atoms with Gasteiger partial charge in [0, 0.05) is 30.7 Å². The molecule has 170 valence electrons. The lowest BCUT2D eigenvalue weighted by atomic mass is 9.97. The van der Waals surface area contributed by atoms with Gasteiger partial charge in [0.2, 0.25) is 0 Å². The lowest BCUT2D eigenvalue weighted by Gasteiger charge is -2.39. The second-order valence-corrected chi connectivity index (χ2v) is 9.35. The van der Waals surface area contributed by atoms with E-state index in [4.69, 9.17) is 10.7 Å². The monoisotopic (exact) mass is 432 g/mol. The Labute approximate surface area is 191 Å². The number of nitrogens with zero attached hydrogens (tertiary/aromatic N) is 3. The van der Waals surface area contributed by atoms with E-state index in [0.29, 0.717) is 29.9 Å². The molecule has 5 nitrogen and oxygen atoms in total. The van der Waals surface area contributed by atoms with Gasteiger partial charge in [-0.3, -0.25) is 9.69 Å². The Morgan fingerprint density at radius 3 is 2.50 bits per heavy atom. The highest BCUT2D eigenvalue weighted by atomic mass is 16.1. The van der Waals surface area contributed by atoms with Crippen molar-refractivity contribution in [2.75, 3.05) is 12.3 Å². The summed E-state index contributed by atoms with van der Waals surface area (Å²) >= 11 is 0. The first-order valence-corrected chi connectivity index (χ1v) is 12.1. The van der Waals surface area contributed by atoms with Crippen LogP contribution in [0.15, 0.2) is 53.3 Å². The van der Waals surface area contributed by atoms with Crippen LogP contribution in [0.25, 0.3) is 11.0 Å². The molecule has 1 aliphatic heterocycles.